The molecule has 0 fully saturated rings. The number of benzene rings is 1. The Kier molecular flexibility index (Phi) is 7.05. The molecule has 1 unspecified atom stereocenters. The molecule has 180 valence electrons. The number of hydrogen-bond acceptors (Lipinski definition) is 5. The van der Waals surface area contributed by atoms with Crippen molar-refractivity contribution in [2.24, 2.45) is 0 Å². The highest BCUT2D eigenvalue weighted by atomic mass is 19.1. The number of aryl methyl sites for hydroxylation is 1. The van der Waals surface area contributed by atoms with E-state index in [0.717, 1.165) is 39.1 Å². The highest BCUT2D eigenvalue weighted by molar-refractivity contribution is 5.85. The Balaban J connectivity index is 0.000000181. The molecule has 7 nitrogen and oxygen atoms in total. The van der Waals surface area contributed by atoms with Crippen molar-refractivity contribution in [2.75, 3.05) is 0 Å². The monoisotopic (exact) mass is 476 g/mol. The Hall–Kier alpha value is -4.27. The molecule has 0 saturated carbocycles. The van der Waals surface area contributed by atoms with Crippen molar-refractivity contribution in [1.29, 1.82) is 0 Å². The van der Waals surface area contributed by atoms with Gasteiger partial charge in [0.05, 0.1) is 23.9 Å². The maximum atomic E-state index is 13.4. The second-order valence-corrected chi connectivity index (χ2v) is 8.12. The topological polar surface area (TPSA) is 95.4 Å². The van der Waals surface area contributed by atoms with Crippen LogP contribution in [0.25, 0.3) is 16.5 Å². The molecule has 0 saturated heterocycles. The smallest absolute Gasteiger partial charge is 0.223 e. The van der Waals surface area contributed by atoms with E-state index in [0.29, 0.717) is 24.6 Å². The summed E-state index contributed by atoms with van der Waals surface area (Å²) in [4.78, 5) is 14.4. The van der Waals surface area contributed by atoms with Gasteiger partial charge < -0.3 is 19.8 Å². The summed E-state index contributed by atoms with van der Waals surface area (Å²) in [6.07, 6.45) is 9.20. The lowest BCUT2D eigenvalue weighted by Crippen LogP contribution is -2.29. The number of H-pyrrole nitrogens is 2. The molecule has 3 aromatic heterocycles. The minimum Gasteiger partial charge on any atom is -0.374 e. The van der Waals surface area contributed by atoms with E-state index in [1.165, 1.54) is 24.3 Å². The van der Waals surface area contributed by atoms with Crippen molar-refractivity contribution in [3.05, 3.63) is 108 Å². The quantitative estimate of drug-likeness (QED) is 0.308. The Morgan fingerprint density at radius 2 is 2.14 bits per heavy atom. The largest absolute Gasteiger partial charge is 0.374 e. The molecule has 0 radical (unpaired) electrons. The fourth-order valence-corrected chi connectivity index (χ4v) is 3.87. The van der Waals surface area contributed by atoms with Crippen LogP contribution in [0.15, 0.2) is 78.2 Å². The molecule has 35 heavy (non-hydrogen) atoms. The fourth-order valence-electron chi connectivity index (χ4n) is 3.87. The average molecular weight is 477 g/mol. The standard InChI is InChI=1S/C15H13FN4O.C11H13FN2/c1-7-5-11-10-4-3-9(16)6-12(10)19-13(11)14(17-7)15-18-8(2)21-20-15;1-3-10(12)6-4-5-9(2)11-7-13-8-14-11/h3-4,6,14,17,19H,1,5H2,2H3;3,5-8H,1,4H2,2H3,(H,13,14)/b;9-5+,10-6+. The number of aromatic amines is 2. The molecule has 0 amide bonds. The number of fused-ring (bicyclic) bond motifs is 3. The van der Waals surface area contributed by atoms with Crippen LogP contribution in [-0.2, 0) is 6.42 Å². The van der Waals surface area contributed by atoms with Gasteiger partial charge in [0.1, 0.15) is 17.7 Å². The summed E-state index contributed by atoms with van der Waals surface area (Å²) in [5.74, 6) is 0.492. The molecule has 0 spiro atoms. The van der Waals surface area contributed by atoms with Gasteiger partial charge in [-0.3, -0.25) is 0 Å². The van der Waals surface area contributed by atoms with Gasteiger partial charge in [-0.1, -0.05) is 24.4 Å². The number of imidazole rings is 1. The van der Waals surface area contributed by atoms with Crippen LogP contribution in [0, 0.1) is 12.7 Å². The molecule has 0 aliphatic carbocycles. The first-order chi connectivity index (χ1) is 16.9. The predicted molar refractivity (Wildman–Crippen MR) is 131 cm³/mol. The third-order valence-electron chi connectivity index (χ3n) is 5.58. The van der Waals surface area contributed by atoms with Crippen LogP contribution in [0.5, 0.6) is 0 Å². The number of rotatable bonds is 5. The molecule has 1 aliphatic rings. The van der Waals surface area contributed by atoms with Crippen molar-refractivity contribution >= 4 is 16.5 Å². The zero-order valence-electron chi connectivity index (χ0n) is 19.5. The zero-order valence-corrected chi connectivity index (χ0v) is 19.5. The summed E-state index contributed by atoms with van der Waals surface area (Å²) in [7, 11) is 0. The van der Waals surface area contributed by atoms with E-state index in [1.807, 2.05) is 13.0 Å². The molecule has 1 aromatic carbocycles. The third kappa shape index (κ3) is 5.46. The normalized spacial score (nSPS) is 15.9. The Labute approximate surface area is 201 Å². The molecule has 1 aliphatic heterocycles. The van der Waals surface area contributed by atoms with Gasteiger partial charge in [0.25, 0.3) is 0 Å². The number of aromatic nitrogens is 5. The molecule has 0 bridgehead atoms. The van der Waals surface area contributed by atoms with E-state index >= 15 is 0 Å². The maximum Gasteiger partial charge on any atom is 0.223 e. The lowest BCUT2D eigenvalue weighted by molar-refractivity contribution is 0.382. The fraction of sp³-hybridized carbons (Fsp3) is 0.192. The first-order valence-electron chi connectivity index (χ1n) is 11.0. The van der Waals surface area contributed by atoms with E-state index in [-0.39, 0.29) is 17.7 Å². The number of allylic oxidation sites excluding steroid dienone is 6. The van der Waals surface area contributed by atoms with Gasteiger partial charge in [0.2, 0.25) is 5.89 Å². The van der Waals surface area contributed by atoms with Gasteiger partial charge in [-0.05, 0) is 54.8 Å². The van der Waals surface area contributed by atoms with Gasteiger partial charge in [0.15, 0.2) is 5.82 Å². The first kappa shape index (κ1) is 23.9. The number of halogens is 2. The molecule has 3 N–H and O–H groups in total. The van der Waals surface area contributed by atoms with Crippen LogP contribution < -0.4 is 5.32 Å². The van der Waals surface area contributed by atoms with Crippen molar-refractivity contribution in [3.63, 3.8) is 0 Å². The van der Waals surface area contributed by atoms with Crippen LogP contribution in [-0.4, -0.2) is 25.1 Å². The lowest BCUT2D eigenvalue weighted by Gasteiger charge is -2.24. The van der Waals surface area contributed by atoms with Crippen molar-refractivity contribution in [1.82, 2.24) is 30.4 Å². The van der Waals surface area contributed by atoms with Gasteiger partial charge in [-0.15, -0.1) is 0 Å². The predicted octanol–water partition coefficient (Wildman–Crippen LogP) is 5.99. The van der Waals surface area contributed by atoms with E-state index in [4.69, 9.17) is 4.52 Å². The molecule has 4 aromatic rings. The molecule has 1 atom stereocenters. The van der Waals surface area contributed by atoms with Crippen LogP contribution in [0.3, 0.4) is 0 Å². The second kappa shape index (κ2) is 10.3. The average Bonchev–Trinajstić information content (AvgIpc) is 3.58. The van der Waals surface area contributed by atoms with Crippen LogP contribution in [0.4, 0.5) is 8.78 Å². The van der Waals surface area contributed by atoms with Gasteiger partial charge in [0, 0.05) is 29.9 Å². The molecule has 9 heteroatoms. The van der Waals surface area contributed by atoms with Gasteiger partial charge >= 0.3 is 0 Å². The zero-order chi connectivity index (χ0) is 24.9. The summed E-state index contributed by atoms with van der Waals surface area (Å²) in [6.45, 7) is 11.0. The number of hydrogen-bond donors (Lipinski definition) is 3. The van der Waals surface area contributed by atoms with Crippen LogP contribution in [0.2, 0.25) is 0 Å². The summed E-state index contributed by atoms with van der Waals surface area (Å²) >= 11 is 0. The molecule has 5 rings (SSSR count). The summed E-state index contributed by atoms with van der Waals surface area (Å²) in [6, 6.07) is 4.50. The van der Waals surface area contributed by atoms with Crippen LogP contribution >= 0.6 is 0 Å². The minimum atomic E-state index is -0.293. The summed E-state index contributed by atoms with van der Waals surface area (Å²) in [5, 5.41) is 8.25. The Morgan fingerprint density at radius 3 is 2.83 bits per heavy atom. The third-order valence-corrected chi connectivity index (χ3v) is 5.58. The maximum absolute atomic E-state index is 13.4. The van der Waals surface area contributed by atoms with Gasteiger partial charge in [-0.2, -0.15) is 4.98 Å². The molecular weight excluding hydrogens is 450 g/mol. The van der Waals surface area contributed by atoms with Gasteiger partial charge in [-0.25, -0.2) is 13.8 Å². The van der Waals surface area contributed by atoms with Crippen molar-refractivity contribution in [2.45, 2.75) is 32.7 Å². The summed E-state index contributed by atoms with van der Waals surface area (Å²) < 4.78 is 31.1. The van der Waals surface area contributed by atoms with Crippen LogP contribution in [0.1, 0.15) is 48.1 Å². The van der Waals surface area contributed by atoms with E-state index < -0.39 is 0 Å². The van der Waals surface area contributed by atoms with Crippen molar-refractivity contribution in [3.8, 4) is 0 Å². The highest BCUT2D eigenvalue weighted by Gasteiger charge is 2.30. The van der Waals surface area contributed by atoms with E-state index in [2.05, 4.69) is 43.6 Å². The number of nitrogens with one attached hydrogen (secondary N) is 3. The summed E-state index contributed by atoms with van der Waals surface area (Å²) in [5.41, 5.74) is 5.68. The SMILES string of the molecule is C=C/C(F)=C\C/C=C(\C)c1cnc[nH]1.C=C1Cc2c([nH]c3cc(F)ccc23)C(c2noc(C)n2)N1. The minimum absolute atomic E-state index is 0.255. The second-order valence-electron chi connectivity index (χ2n) is 8.12. The van der Waals surface area contributed by atoms with Crippen molar-refractivity contribution < 1.29 is 13.3 Å². The Bertz CT molecular complexity index is 1410. The number of nitrogens with zero attached hydrogens (tertiary/aromatic N) is 3. The Morgan fingerprint density at radius 1 is 1.31 bits per heavy atom. The van der Waals surface area contributed by atoms with E-state index in [9.17, 15) is 8.78 Å². The first-order valence-corrected chi connectivity index (χ1v) is 11.0. The lowest BCUT2D eigenvalue weighted by atomic mass is 9.97. The molecule has 4 heterocycles. The van der Waals surface area contributed by atoms with E-state index in [1.54, 1.807) is 25.5 Å². The molecular formula is C26H26F2N6O. The highest BCUT2D eigenvalue weighted by Crippen LogP contribution is 2.35.